The summed E-state index contributed by atoms with van der Waals surface area (Å²) in [7, 11) is 0. The first-order valence-electron chi connectivity index (χ1n) is 12.6. The number of para-hydroxylation sites is 1. The van der Waals surface area contributed by atoms with Crippen molar-refractivity contribution in [3.05, 3.63) is 130 Å². The molecule has 6 nitrogen and oxygen atoms in total. The predicted octanol–water partition coefficient (Wildman–Crippen LogP) is 7.29. The fourth-order valence-corrected chi connectivity index (χ4v) is 4.91. The normalized spacial score (nSPS) is 11.8. The molecule has 3 amide bonds. The molecule has 40 heavy (non-hydrogen) atoms. The lowest BCUT2D eigenvalue weighted by Gasteiger charge is -2.15. The molecule has 0 heterocycles. The van der Waals surface area contributed by atoms with Crippen LogP contribution in [0.3, 0.4) is 0 Å². The summed E-state index contributed by atoms with van der Waals surface area (Å²) in [6.07, 6.45) is 1.62. The maximum absolute atomic E-state index is 13.4. The van der Waals surface area contributed by atoms with Gasteiger partial charge in [0.25, 0.3) is 11.8 Å². The number of carbonyl (C=O) groups is 3. The van der Waals surface area contributed by atoms with Crippen LogP contribution in [0, 0.1) is 6.92 Å². The number of hydrogen-bond donors (Lipinski definition) is 3. The Balaban J connectivity index is 1.48. The summed E-state index contributed by atoms with van der Waals surface area (Å²) >= 11 is 4.80. The fraction of sp³-hybridized carbons (Fsp3) is 0.0938. The largest absolute Gasteiger partial charge is 0.325 e. The Hall–Kier alpha value is -4.14. The lowest BCUT2D eigenvalue weighted by atomic mass is 10.1. The van der Waals surface area contributed by atoms with E-state index in [1.54, 1.807) is 42.5 Å². The van der Waals surface area contributed by atoms with Gasteiger partial charge < -0.3 is 16.0 Å². The zero-order chi connectivity index (χ0) is 28.5. The minimum Gasteiger partial charge on any atom is -0.325 e. The average molecular weight is 615 g/mol. The van der Waals surface area contributed by atoms with Crippen molar-refractivity contribution in [2.24, 2.45) is 0 Å². The van der Waals surface area contributed by atoms with E-state index in [1.807, 2.05) is 80.6 Å². The molecule has 0 spiro atoms. The third-order valence-corrected chi connectivity index (χ3v) is 7.51. The summed E-state index contributed by atoms with van der Waals surface area (Å²) in [5, 5.41) is 8.22. The average Bonchev–Trinajstić information content (AvgIpc) is 2.95. The number of amides is 3. The zero-order valence-corrected chi connectivity index (χ0v) is 24.4. The van der Waals surface area contributed by atoms with Gasteiger partial charge in [-0.05, 0) is 79.6 Å². The molecule has 0 saturated carbocycles. The molecule has 1 unspecified atom stereocenters. The van der Waals surface area contributed by atoms with Crippen LogP contribution in [-0.4, -0.2) is 23.0 Å². The lowest BCUT2D eigenvalue weighted by molar-refractivity contribution is -0.115. The van der Waals surface area contributed by atoms with E-state index < -0.39 is 11.8 Å². The minimum atomic E-state index is -0.473. The van der Waals surface area contributed by atoms with E-state index >= 15 is 0 Å². The van der Waals surface area contributed by atoms with Gasteiger partial charge in [0.05, 0.1) is 5.25 Å². The smallest absolute Gasteiger partial charge is 0.272 e. The van der Waals surface area contributed by atoms with Gasteiger partial charge in [-0.1, -0.05) is 70.5 Å². The van der Waals surface area contributed by atoms with Gasteiger partial charge in [-0.2, -0.15) is 0 Å². The van der Waals surface area contributed by atoms with Crippen LogP contribution in [0.5, 0.6) is 0 Å². The maximum atomic E-state index is 13.4. The summed E-state index contributed by atoms with van der Waals surface area (Å²) < 4.78 is 0.903. The van der Waals surface area contributed by atoms with Crippen LogP contribution in [0.1, 0.15) is 28.4 Å². The van der Waals surface area contributed by atoms with Crippen molar-refractivity contribution >= 4 is 62.9 Å². The van der Waals surface area contributed by atoms with Gasteiger partial charge in [0.2, 0.25) is 5.91 Å². The highest BCUT2D eigenvalue weighted by Crippen LogP contribution is 2.27. The molecule has 0 saturated heterocycles. The molecule has 8 heteroatoms. The monoisotopic (exact) mass is 613 g/mol. The number of aryl methyl sites for hydroxylation is 1. The molecule has 0 aromatic heterocycles. The molecule has 4 aromatic carbocycles. The summed E-state index contributed by atoms with van der Waals surface area (Å²) in [6.45, 7) is 3.78. The van der Waals surface area contributed by atoms with Crippen LogP contribution in [-0.2, 0) is 9.59 Å². The highest BCUT2D eigenvalue weighted by atomic mass is 79.9. The number of nitrogens with one attached hydrogen (secondary N) is 3. The van der Waals surface area contributed by atoms with E-state index in [0.717, 1.165) is 26.2 Å². The van der Waals surface area contributed by atoms with Gasteiger partial charge in [-0.25, -0.2) is 0 Å². The summed E-state index contributed by atoms with van der Waals surface area (Å²) in [5.41, 5.74) is 3.60. The number of hydrogen-bond acceptors (Lipinski definition) is 4. The van der Waals surface area contributed by atoms with Crippen LogP contribution < -0.4 is 16.0 Å². The van der Waals surface area contributed by atoms with Gasteiger partial charge in [0.15, 0.2) is 0 Å². The van der Waals surface area contributed by atoms with Crippen molar-refractivity contribution in [1.82, 2.24) is 5.32 Å². The van der Waals surface area contributed by atoms with E-state index in [2.05, 4.69) is 31.9 Å². The van der Waals surface area contributed by atoms with Crippen LogP contribution >= 0.6 is 27.7 Å². The van der Waals surface area contributed by atoms with E-state index in [1.165, 1.54) is 11.8 Å². The van der Waals surface area contributed by atoms with E-state index in [4.69, 9.17) is 0 Å². The van der Waals surface area contributed by atoms with Crippen LogP contribution in [0.15, 0.2) is 118 Å². The lowest BCUT2D eigenvalue weighted by Crippen LogP contribution is -2.30. The van der Waals surface area contributed by atoms with Crippen molar-refractivity contribution in [3.63, 3.8) is 0 Å². The summed E-state index contributed by atoms with van der Waals surface area (Å²) in [6, 6.07) is 31.0. The summed E-state index contributed by atoms with van der Waals surface area (Å²) in [5.74, 6) is -0.978. The van der Waals surface area contributed by atoms with E-state index in [0.29, 0.717) is 11.3 Å². The molecule has 4 aromatic rings. The van der Waals surface area contributed by atoms with Crippen molar-refractivity contribution in [2.45, 2.75) is 24.0 Å². The fourth-order valence-electron chi connectivity index (χ4n) is 3.72. The molecule has 0 radical (unpaired) electrons. The molecular weight excluding hydrogens is 586 g/mol. The molecule has 0 aliphatic rings. The van der Waals surface area contributed by atoms with Crippen LogP contribution in [0.25, 0.3) is 6.08 Å². The zero-order valence-electron chi connectivity index (χ0n) is 22.0. The molecule has 0 aliphatic carbocycles. The second-order valence-corrected chi connectivity index (χ2v) is 11.3. The molecule has 1 atom stereocenters. The Morgan fingerprint density at radius 2 is 1.52 bits per heavy atom. The first kappa shape index (κ1) is 28.9. The molecule has 0 fully saturated rings. The standard InChI is InChI=1S/C32H28BrN3O3S/c1-21-9-6-7-14-28(21)35-30(37)22(2)40-27-13-8-12-26(20-27)34-32(39)29(19-23-15-17-25(33)18-16-23)36-31(38)24-10-4-3-5-11-24/h3-20,22H,1-2H3,(H,34,39)(H,35,37)(H,36,38)/b29-19-. The van der Waals surface area contributed by atoms with Gasteiger partial charge >= 0.3 is 0 Å². The second-order valence-electron chi connectivity index (χ2n) is 8.98. The van der Waals surface area contributed by atoms with Gasteiger partial charge in [0, 0.05) is 26.3 Å². The molecule has 4 rings (SSSR count). The molecule has 202 valence electrons. The van der Waals surface area contributed by atoms with Crippen molar-refractivity contribution in [2.75, 3.05) is 10.6 Å². The Labute approximate surface area is 246 Å². The van der Waals surface area contributed by atoms with Crippen molar-refractivity contribution in [3.8, 4) is 0 Å². The Morgan fingerprint density at radius 3 is 2.25 bits per heavy atom. The number of halogens is 1. The molecular formula is C32H28BrN3O3S. The quantitative estimate of drug-likeness (QED) is 0.137. The number of carbonyl (C=O) groups excluding carboxylic acids is 3. The Bertz CT molecular complexity index is 1540. The van der Waals surface area contributed by atoms with Crippen molar-refractivity contribution in [1.29, 1.82) is 0 Å². The van der Waals surface area contributed by atoms with E-state index in [9.17, 15) is 14.4 Å². The molecule has 0 bridgehead atoms. The second kappa shape index (κ2) is 13.8. The molecule has 3 N–H and O–H groups in total. The Kier molecular flexibility index (Phi) is 9.94. The van der Waals surface area contributed by atoms with Crippen LogP contribution in [0.2, 0.25) is 0 Å². The Morgan fingerprint density at radius 1 is 0.825 bits per heavy atom. The summed E-state index contributed by atoms with van der Waals surface area (Å²) in [4.78, 5) is 39.8. The van der Waals surface area contributed by atoms with Gasteiger partial charge in [-0.15, -0.1) is 11.8 Å². The third-order valence-electron chi connectivity index (χ3n) is 5.89. The number of benzene rings is 4. The highest BCUT2D eigenvalue weighted by Gasteiger charge is 2.18. The maximum Gasteiger partial charge on any atom is 0.272 e. The number of anilines is 2. The predicted molar refractivity (Wildman–Crippen MR) is 166 cm³/mol. The topological polar surface area (TPSA) is 87.3 Å². The first-order chi connectivity index (χ1) is 19.3. The van der Waals surface area contributed by atoms with Gasteiger partial charge in [0.1, 0.15) is 5.70 Å². The highest BCUT2D eigenvalue weighted by molar-refractivity contribution is 9.10. The minimum absolute atomic E-state index is 0.0974. The van der Waals surface area contributed by atoms with Gasteiger partial charge in [-0.3, -0.25) is 14.4 Å². The number of rotatable bonds is 9. The first-order valence-corrected chi connectivity index (χ1v) is 14.2. The van der Waals surface area contributed by atoms with E-state index in [-0.39, 0.29) is 16.9 Å². The van der Waals surface area contributed by atoms with Crippen LogP contribution in [0.4, 0.5) is 11.4 Å². The van der Waals surface area contributed by atoms with Crippen molar-refractivity contribution < 1.29 is 14.4 Å². The molecule has 0 aliphatic heterocycles. The third kappa shape index (κ3) is 8.18. The number of thioether (sulfide) groups is 1. The SMILES string of the molecule is Cc1ccccc1NC(=O)C(C)Sc1cccc(NC(=O)/C(=C/c2ccc(Br)cc2)NC(=O)c2ccccc2)c1.